The standard InChI is InChI=1S/C9H7F3O3/c1-15-8(9(13)14)4-2-3-5(10)7(12)6(4)11/h2-3,8H,1H3,(H,13,14). The highest BCUT2D eigenvalue weighted by Gasteiger charge is 2.25. The summed E-state index contributed by atoms with van der Waals surface area (Å²) in [5.41, 5.74) is -0.552. The zero-order valence-corrected chi connectivity index (χ0v) is 7.63. The van der Waals surface area contributed by atoms with Crippen LogP contribution in [0.4, 0.5) is 13.2 Å². The van der Waals surface area contributed by atoms with E-state index in [-0.39, 0.29) is 0 Å². The van der Waals surface area contributed by atoms with E-state index >= 15 is 0 Å². The highest BCUT2D eigenvalue weighted by atomic mass is 19.2. The summed E-state index contributed by atoms with van der Waals surface area (Å²) in [5.74, 6) is -6.13. The molecule has 1 N–H and O–H groups in total. The molecule has 1 unspecified atom stereocenters. The highest BCUT2D eigenvalue weighted by molar-refractivity contribution is 5.74. The van der Waals surface area contributed by atoms with Crippen LogP contribution in [0.25, 0.3) is 0 Å². The number of aliphatic carboxylic acids is 1. The maximum absolute atomic E-state index is 13.1. The van der Waals surface area contributed by atoms with Crippen molar-refractivity contribution in [1.82, 2.24) is 0 Å². The first-order chi connectivity index (χ1) is 6.99. The lowest BCUT2D eigenvalue weighted by molar-refractivity contribution is -0.149. The van der Waals surface area contributed by atoms with Crippen molar-refractivity contribution in [2.45, 2.75) is 6.10 Å². The van der Waals surface area contributed by atoms with Gasteiger partial charge in [0.15, 0.2) is 23.6 Å². The van der Waals surface area contributed by atoms with Gasteiger partial charge in [-0.25, -0.2) is 18.0 Å². The largest absolute Gasteiger partial charge is 0.479 e. The van der Waals surface area contributed by atoms with E-state index in [0.717, 1.165) is 13.2 Å². The molecule has 1 aromatic carbocycles. The summed E-state index contributed by atoms with van der Waals surface area (Å²) < 4.78 is 42.8. The number of hydrogen-bond acceptors (Lipinski definition) is 2. The molecule has 3 nitrogen and oxygen atoms in total. The average molecular weight is 220 g/mol. The second-order valence-electron chi connectivity index (χ2n) is 2.72. The molecule has 0 aromatic heterocycles. The Morgan fingerprint density at radius 1 is 1.33 bits per heavy atom. The molecule has 6 heteroatoms. The van der Waals surface area contributed by atoms with Gasteiger partial charge in [-0.05, 0) is 12.1 Å². The molecule has 82 valence electrons. The maximum Gasteiger partial charge on any atom is 0.337 e. The second-order valence-corrected chi connectivity index (χ2v) is 2.72. The number of methoxy groups -OCH3 is 1. The lowest BCUT2D eigenvalue weighted by Crippen LogP contribution is -2.16. The first-order valence-corrected chi connectivity index (χ1v) is 3.88. The van der Waals surface area contributed by atoms with E-state index in [4.69, 9.17) is 5.11 Å². The van der Waals surface area contributed by atoms with Crippen LogP contribution in [0.3, 0.4) is 0 Å². The van der Waals surface area contributed by atoms with E-state index in [1.807, 2.05) is 0 Å². The maximum atomic E-state index is 13.1. The lowest BCUT2D eigenvalue weighted by Gasteiger charge is -2.11. The number of carboxylic acids is 1. The molecule has 0 aliphatic rings. The third-order valence-corrected chi connectivity index (χ3v) is 1.81. The van der Waals surface area contributed by atoms with E-state index < -0.39 is 35.1 Å². The van der Waals surface area contributed by atoms with Gasteiger partial charge in [0.25, 0.3) is 0 Å². The van der Waals surface area contributed by atoms with Gasteiger partial charge in [0, 0.05) is 12.7 Å². The van der Waals surface area contributed by atoms with Crippen LogP contribution in [0.15, 0.2) is 12.1 Å². The van der Waals surface area contributed by atoms with Gasteiger partial charge < -0.3 is 9.84 Å². The van der Waals surface area contributed by atoms with Crippen molar-refractivity contribution in [2.24, 2.45) is 0 Å². The number of carbonyl (C=O) groups is 1. The number of hydrogen-bond donors (Lipinski definition) is 1. The Morgan fingerprint density at radius 2 is 1.93 bits per heavy atom. The van der Waals surface area contributed by atoms with Crippen molar-refractivity contribution >= 4 is 5.97 Å². The third kappa shape index (κ3) is 2.10. The Bertz CT molecular complexity index is 392. The van der Waals surface area contributed by atoms with Gasteiger partial charge in [0.1, 0.15) is 0 Å². The summed E-state index contributed by atoms with van der Waals surface area (Å²) in [6, 6.07) is 1.47. The summed E-state index contributed by atoms with van der Waals surface area (Å²) in [5, 5.41) is 8.60. The van der Waals surface area contributed by atoms with Crippen molar-refractivity contribution < 1.29 is 27.8 Å². The normalized spacial score (nSPS) is 12.5. The topological polar surface area (TPSA) is 46.5 Å². The van der Waals surface area contributed by atoms with Gasteiger partial charge in [0.05, 0.1) is 0 Å². The fourth-order valence-electron chi connectivity index (χ4n) is 1.10. The molecule has 0 radical (unpaired) electrons. The molecule has 0 aliphatic carbocycles. The fourth-order valence-corrected chi connectivity index (χ4v) is 1.10. The van der Waals surface area contributed by atoms with Crippen LogP contribution in [-0.2, 0) is 9.53 Å². The minimum absolute atomic E-state index is 0.552. The summed E-state index contributed by atoms with van der Waals surface area (Å²) in [6.45, 7) is 0. The third-order valence-electron chi connectivity index (χ3n) is 1.81. The fraction of sp³-hybridized carbons (Fsp3) is 0.222. The predicted octanol–water partition coefficient (Wildman–Crippen LogP) is 1.88. The number of ether oxygens (including phenoxy) is 1. The molecule has 0 amide bonds. The quantitative estimate of drug-likeness (QED) is 0.791. The van der Waals surface area contributed by atoms with E-state index in [1.165, 1.54) is 0 Å². The van der Waals surface area contributed by atoms with Crippen LogP contribution in [-0.4, -0.2) is 18.2 Å². The van der Waals surface area contributed by atoms with E-state index in [1.54, 1.807) is 0 Å². The Kier molecular flexibility index (Phi) is 3.31. The van der Waals surface area contributed by atoms with Gasteiger partial charge in [-0.2, -0.15) is 0 Å². The Labute approximate surface area is 83.1 Å². The number of carboxylic acid groups (broad SMARTS) is 1. The minimum Gasteiger partial charge on any atom is -0.479 e. The van der Waals surface area contributed by atoms with Crippen LogP contribution < -0.4 is 0 Å². The van der Waals surface area contributed by atoms with Crippen molar-refractivity contribution in [2.75, 3.05) is 7.11 Å². The van der Waals surface area contributed by atoms with Crippen molar-refractivity contribution in [3.05, 3.63) is 35.1 Å². The molecule has 1 rings (SSSR count). The van der Waals surface area contributed by atoms with E-state index in [0.29, 0.717) is 6.07 Å². The van der Waals surface area contributed by atoms with Crippen molar-refractivity contribution in [3.63, 3.8) is 0 Å². The Hall–Kier alpha value is -1.56. The molecule has 15 heavy (non-hydrogen) atoms. The number of rotatable bonds is 3. The van der Waals surface area contributed by atoms with E-state index in [9.17, 15) is 18.0 Å². The summed E-state index contributed by atoms with van der Waals surface area (Å²) in [7, 11) is 1.03. The predicted molar refractivity (Wildman–Crippen MR) is 43.7 cm³/mol. The van der Waals surface area contributed by atoms with Crippen LogP contribution in [0.1, 0.15) is 11.7 Å². The SMILES string of the molecule is COC(C(=O)O)c1ccc(F)c(F)c1F. The molecule has 0 bridgehead atoms. The van der Waals surface area contributed by atoms with Crippen LogP contribution >= 0.6 is 0 Å². The monoisotopic (exact) mass is 220 g/mol. The molecule has 0 saturated carbocycles. The first-order valence-electron chi connectivity index (χ1n) is 3.88. The van der Waals surface area contributed by atoms with Gasteiger partial charge in [-0.1, -0.05) is 0 Å². The minimum atomic E-state index is -1.71. The molecular weight excluding hydrogens is 213 g/mol. The summed E-state index contributed by atoms with van der Waals surface area (Å²) >= 11 is 0. The number of benzene rings is 1. The molecule has 0 spiro atoms. The van der Waals surface area contributed by atoms with Crippen molar-refractivity contribution in [1.29, 1.82) is 0 Å². The van der Waals surface area contributed by atoms with Crippen LogP contribution in [0.5, 0.6) is 0 Å². The molecule has 0 aliphatic heterocycles. The average Bonchev–Trinajstić information content (AvgIpc) is 2.18. The Balaban J connectivity index is 3.25. The zero-order chi connectivity index (χ0) is 11.6. The summed E-state index contributed by atoms with van der Waals surface area (Å²) in [6.07, 6.45) is -1.65. The molecule has 0 fully saturated rings. The Morgan fingerprint density at radius 3 is 2.40 bits per heavy atom. The molecule has 1 atom stereocenters. The zero-order valence-electron chi connectivity index (χ0n) is 7.63. The number of halogens is 3. The smallest absolute Gasteiger partial charge is 0.337 e. The van der Waals surface area contributed by atoms with Gasteiger partial charge in [0.2, 0.25) is 0 Å². The lowest BCUT2D eigenvalue weighted by atomic mass is 10.1. The van der Waals surface area contributed by atoms with Crippen LogP contribution in [0, 0.1) is 17.5 Å². The second kappa shape index (κ2) is 4.31. The first kappa shape index (κ1) is 11.5. The van der Waals surface area contributed by atoms with Crippen molar-refractivity contribution in [3.8, 4) is 0 Å². The van der Waals surface area contributed by atoms with E-state index in [2.05, 4.69) is 4.74 Å². The summed E-state index contributed by atoms with van der Waals surface area (Å²) in [4.78, 5) is 10.6. The van der Waals surface area contributed by atoms with Gasteiger partial charge >= 0.3 is 5.97 Å². The van der Waals surface area contributed by atoms with Gasteiger partial charge in [-0.15, -0.1) is 0 Å². The van der Waals surface area contributed by atoms with Gasteiger partial charge in [-0.3, -0.25) is 0 Å². The molecule has 0 heterocycles. The molecular formula is C9H7F3O3. The van der Waals surface area contributed by atoms with Crippen LogP contribution in [0.2, 0.25) is 0 Å². The molecule has 1 aromatic rings. The highest BCUT2D eigenvalue weighted by Crippen LogP contribution is 2.23. The molecule has 0 saturated heterocycles.